The fourth-order valence-electron chi connectivity index (χ4n) is 4.83. The van der Waals surface area contributed by atoms with Crippen LogP contribution in [0.3, 0.4) is 0 Å². The van der Waals surface area contributed by atoms with Gasteiger partial charge < -0.3 is 4.74 Å². The lowest BCUT2D eigenvalue weighted by atomic mass is 9.78. The second-order valence-electron chi connectivity index (χ2n) is 8.20. The first-order valence-electron chi connectivity index (χ1n) is 11.1. The molecule has 0 amide bonds. The van der Waals surface area contributed by atoms with Crippen molar-refractivity contribution in [2.75, 3.05) is 0 Å². The molecule has 1 saturated carbocycles. The maximum Gasteiger partial charge on any atom is 0.224 e. The highest BCUT2D eigenvalue weighted by atomic mass is 16.5. The zero-order chi connectivity index (χ0) is 20.2. The minimum absolute atomic E-state index is 0.375. The molecule has 2 nitrogen and oxygen atoms in total. The highest BCUT2D eigenvalue weighted by Crippen LogP contribution is 2.47. The Hall–Kier alpha value is -2.35. The lowest BCUT2D eigenvalue weighted by molar-refractivity contribution is -0.659. The summed E-state index contributed by atoms with van der Waals surface area (Å²) in [5.74, 6) is 0.759. The summed E-state index contributed by atoms with van der Waals surface area (Å²) in [6.45, 7) is 2.11. The lowest BCUT2D eigenvalue weighted by Gasteiger charge is -2.42. The Morgan fingerprint density at radius 3 is 2.67 bits per heavy atom. The highest BCUT2D eigenvalue weighted by Gasteiger charge is 2.39. The van der Waals surface area contributed by atoms with Gasteiger partial charge in [0.2, 0.25) is 5.69 Å². The Labute approximate surface area is 164 Å². The summed E-state index contributed by atoms with van der Waals surface area (Å²) in [7, 11) is 2.06. The average molecular weight is 361 g/mol. The van der Waals surface area contributed by atoms with E-state index in [1.807, 2.05) is 6.07 Å². The van der Waals surface area contributed by atoms with E-state index in [1.165, 1.54) is 17.2 Å². The van der Waals surface area contributed by atoms with Gasteiger partial charge in [-0.05, 0) is 68.0 Å². The van der Waals surface area contributed by atoms with Gasteiger partial charge in [-0.15, -0.1) is 0 Å². The van der Waals surface area contributed by atoms with E-state index in [9.17, 15) is 0 Å². The summed E-state index contributed by atoms with van der Waals surface area (Å²) < 4.78 is 26.7. The van der Waals surface area contributed by atoms with E-state index in [1.54, 1.807) is 0 Å². The smallest absolute Gasteiger partial charge is 0.224 e. The first kappa shape index (κ1) is 14.7. The molecule has 0 saturated heterocycles. The van der Waals surface area contributed by atoms with Gasteiger partial charge in [-0.2, -0.15) is 0 Å². The van der Waals surface area contributed by atoms with Crippen LogP contribution in [0.2, 0.25) is 0 Å². The standard InChI is InChI=1S/C25H28NO/c1-18-10-11-20-12-16-25(14-6-3-7-15-25)27-24(20)22(18)23-21-9-5-4-8-19(21)13-17-26(23)2/h4-5,8-11,13,17H,3,6-7,12,14-16H2,1-2H3/q+1/i12D2. The molecular formula is C25H28NO+. The number of hydrogen-bond acceptors (Lipinski definition) is 1. The monoisotopic (exact) mass is 360 g/mol. The zero-order valence-electron chi connectivity index (χ0n) is 18.2. The molecule has 0 N–H and O–H groups in total. The van der Waals surface area contributed by atoms with E-state index < -0.39 is 6.37 Å². The van der Waals surface area contributed by atoms with Gasteiger partial charge >= 0.3 is 0 Å². The SMILES string of the molecule is [2H]C1([2H])CC2(CCCCC2)Oc2c1ccc(C)c2-c1c2ccccc2cc[n+]1C. The second kappa shape index (κ2) is 6.37. The van der Waals surface area contributed by atoms with E-state index in [0.29, 0.717) is 12.0 Å². The molecule has 138 valence electrons. The van der Waals surface area contributed by atoms with Crippen molar-refractivity contribution in [2.24, 2.45) is 7.05 Å². The number of benzene rings is 2. The molecule has 0 bridgehead atoms. The van der Waals surface area contributed by atoms with Crippen LogP contribution in [0.5, 0.6) is 5.75 Å². The minimum atomic E-state index is -1.38. The molecule has 1 aliphatic heterocycles. The minimum Gasteiger partial charge on any atom is -0.486 e. The van der Waals surface area contributed by atoms with Crippen LogP contribution in [0.25, 0.3) is 22.0 Å². The molecule has 1 spiro atoms. The summed E-state index contributed by atoms with van der Waals surface area (Å²) in [4.78, 5) is 0. The molecule has 2 aromatic carbocycles. The molecule has 5 rings (SSSR count). The number of nitrogens with zero attached hydrogens (tertiary/aromatic N) is 1. The molecule has 2 heterocycles. The third kappa shape index (κ3) is 2.74. The van der Waals surface area contributed by atoms with Crippen LogP contribution in [0.15, 0.2) is 48.7 Å². The summed E-state index contributed by atoms with van der Waals surface area (Å²) in [6.07, 6.45) is 6.52. The number of ether oxygens (including phenoxy) is 1. The van der Waals surface area contributed by atoms with E-state index in [0.717, 1.165) is 48.3 Å². The number of aromatic nitrogens is 1. The van der Waals surface area contributed by atoms with Crippen molar-refractivity contribution >= 4 is 10.8 Å². The third-order valence-electron chi connectivity index (χ3n) is 6.33. The molecule has 27 heavy (non-hydrogen) atoms. The fourth-order valence-corrected chi connectivity index (χ4v) is 4.83. The van der Waals surface area contributed by atoms with Crippen LogP contribution < -0.4 is 9.30 Å². The molecule has 1 aromatic heterocycles. The largest absolute Gasteiger partial charge is 0.486 e. The molecule has 3 aromatic rings. The van der Waals surface area contributed by atoms with Crippen LogP contribution in [0.4, 0.5) is 0 Å². The fraction of sp³-hybridized carbons (Fsp3) is 0.400. The van der Waals surface area contributed by atoms with Gasteiger partial charge in [-0.3, -0.25) is 0 Å². The average Bonchev–Trinajstić information content (AvgIpc) is 2.69. The van der Waals surface area contributed by atoms with Gasteiger partial charge in [-0.25, -0.2) is 4.57 Å². The Morgan fingerprint density at radius 2 is 1.81 bits per heavy atom. The zero-order valence-corrected chi connectivity index (χ0v) is 16.2. The number of rotatable bonds is 1. The van der Waals surface area contributed by atoms with Crippen LogP contribution in [-0.2, 0) is 13.4 Å². The molecule has 0 atom stereocenters. The van der Waals surface area contributed by atoms with Gasteiger partial charge in [0.05, 0.1) is 10.9 Å². The molecular weight excluding hydrogens is 330 g/mol. The topological polar surface area (TPSA) is 13.1 Å². The van der Waals surface area contributed by atoms with Crippen molar-refractivity contribution in [2.45, 2.75) is 57.4 Å². The van der Waals surface area contributed by atoms with Crippen LogP contribution in [0.1, 0.15) is 52.4 Å². The van der Waals surface area contributed by atoms with Crippen LogP contribution >= 0.6 is 0 Å². The van der Waals surface area contributed by atoms with Crippen molar-refractivity contribution in [1.82, 2.24) is 0 Å². The van der Waals surface area contributed by atoms with Crippen LogP contribution in [0, 0.1) is 6.92 Å². The predicted octanol–water partition coefficient (Wildman–Crippen LogP) is 5.67. The summed E-state index contributed by atoms with van der Waals surface area (Å²) in [5, 5.41) is 2.35. The van der Waals surface area contributed by atoms with Crippen LogP contribution in [-0.4, -0.2) is 5.60 Å². The Balaban J connectivity index is 1.80. The van der Waals surface area contributed by atoms with Crippen molar-refractivity contribution in [3.8, 4) is 17.0 Å². The quantitative estimate of drug-likeness (QED) is 0.510. The molecule has 0 unspecified atom stereocenters. The highest BCUT2D eigenvalue weighted by molar-refractivity contribution is 5.95. The Morgan fingerprint density at radius 1 is 1.00 bits per heavy atom. The van der Waals surface area contributed by atoms with Gasteiger partial charge in [0, 0.05) is 8.81 Å². The molecule has 0 radical (unpaired) electrons. The predicted molar refractivity (Wildman–Crippen MR) is 110 cm³/mol. The van der Waals surface area contributed by atoms with Crippen molar-refractivity contribution < 1.29 is 12.0 Å². The molecule has 2 heteroatoms. The molecule has 1 aliphatic carbocycles. The first-order chi connectivity index (χ1) is 13.9. The van der Waals surface area contributed by atoms with Crippen molar-refractivity contribution in [1.29, 1.82) is 0 Å². The number of hydrogen-bond donors (Lipinski definition) is 0. The van der Waals surface area contributed by atoms with Crippen molar-refractivity contribution in [3.05, 3.63) is 59.8 Å². The molecule has 1 fully saturated rings. The Bertz CT molecular complexity index is 1100. The maximum atomic E-state index is 8.90. The second-order valence-corrected chi connectivity index (χ2v) is 8.20. The number of fused-ring (bicyclic) bond motifs is 2. The van der Waals surface area contributed by atoms with Crippen molar-refractivity contribution in [3.63, 3.8) is 0 Å². The van der Waals surface area contributed by atoms with Gasteiger partial charge in [0.15, 0.2) is 6.20 Å². The van der Waals surface area contributed by atoms with Gasteiger partial charge in [0.1, 0.15) is 18.4 Å². The van der Waals surface area contributed by atoms with Gasteiger partial charge in [0.25, 0.3) is 0 Å². The normalized spacial score (nSPS) is 21.3. The van der Waals surface area contributed by atoms with Gasteiger partial charge in [-0.1, -0.05) is 36.8 Å². The number of pyridine rings is 1. The maximum absolute atomic E-state index is 8.90. The summed E-state index contributed by atoms with van der Waals surface area (Å²) >= 11 is 0. The summed E-state index contributed by atoms with van der Waals surface area (Å²) in [6, 6.07) is 14.5. The summed E-state index contributed by atoms with van der Waals surface area (Å²) in [5.41, 5.74) is 3.58. The number of aryl methyl sites for hydroxylation is 3. The lowest BCUT2D eigenvalue weighted by Crippen LogP contribution is -2.42. The van der Waals surface area contributed by atoms with E-state index in [-0.39, 0.29) is 5.60 Å². The van der Waals surface area contributed by atoms with E-state index >= 15 is 0 Å². The first-order valence-corrected chi connectivity index (χ1v) is 10.1. The Kier molecular flexibility index (Phi) is 3.46. The van der Waals surface area contributed by atoms with E-state index in [4.69, 9.17) is 7.48 Å². The molecule has 2 aliphatic rings. The van der Waals surface area contributed by atoms with E-state index in [2.05, 4.69) is 61.1 Å². The third-order valence-corrected chi connectivity index (χ3v) is 6.33.